The fourth-order valence-corrected chi connectivity index (χ4v) is 5.41. The lowest BCUT2D eigenvalue weighted by Gasteiger charge is -2.26. The quantitative estimate of drug-likeness (QED) is 0.130. The first-order chi connectivity index (χ1) is 19.3. The number of anilines is 1. The van der Waals surface area contributed by atoms with Crippen LogP contribution in [-0.2, 0) is 16.2 Å². The van der Waals surface area contributed by atoms with Crippen molar-refractivity contribution in [2.75, 3.05) is 11.5 Å². The molecule has 1 saturated heterocycles. The average molecular weight is 667 g/mol. The van der Waals surface area contributed by atoms with E-state index in [0.717, 1.165) is 30.4 Å². The molecule has 0 saturated carbocycles. The zero-order valence-corrected chi connectivity index (χ0v) is 24.6. The predicted octanol–water partition coefficient (Wildman–Crippen LogP) is 7.05. The molecule has 0 atom stereocenters. The van der Waals surface area contributed by atoms with E-state index in [1.54, 1.807) is 24.3 Å². The molecule has 7 nitrogen and oxygen atoms in total. The smallest absolute Gasteiger partial charge is 0.335 e. The number of rotatable bonds is 7. The Labute approximate surface area is 249 Å². The van der Waals surface area contributed by atoms with E-state index in [1.807, 2.05) is 19.1 Å². The van der Waals surface area contributed by atoms with E-state index in [1.165, 1.54) is 18.2 Å². The molecule has 0 bridgehead atoms. The van der Waals surface area contributed by atoms with Gasteiger partial charge in [-0.2, -0.15) is 0 Å². The van der Waals surface area contributed by atoms with Crippen molar-refractivity contribution in [1.29, 1.82) is 0 Å². The Balaban J connectivity index is 1.47. The Bertz CT molecular complexity index is 1680. The number of ether oxygens (including phenoxy) is 2. The van der Waals surface area contributed by atoms with Crippen molar-refractivity contribution in [1.82, 2.24) is 5.32 Å². The van der Waals surface area contributed by atoms with Crippen LogP contribution in [0.1, 0.15) is 23.6 Å². The number of carbonyl (C=O) groups excluding carboxylic acids is 3. The molecule has 4 aromatic rings. The molecule has 4 amide bonds. The van der Waals surface area contributed by atoms with Crippen molar-refractivity contribution in [3.8, 4) is 11.5 Å². The molecule has 0 unspecified atom stereocenters. The van der Waals surface area contributed by atoms with E-state index in [2.05, 4.69) is 59.1 Å². The van der Waals surface area contributed by atoms with Gasteiger partial charge in [-0.1, -0.05) is 48.0 Å². The second-order valence-electron chi connectivity index (χ2n) is 9.07. The Morgan fingerprint density at radius 2 is 1.73 bits per heavy atom. The van der Waals surface area contributed by atoms with Crippen molar-refractivity contribution >= 4 is 74.6 Å². The molecule has 9 heteroatoms. The molecule has 1 aliphatic heterocycles. The molecule has 0 aliphatic carbocycles. The topological polar surface area (TPSA) is 84.9 Å². The van der Waals surface area contributed by atoms with Crippen LogP contribution in [0, 0.1) is 10.5 Å². The first-order valence-electron chi connectivity index (χ1n) is 12.5. The molecule has 4 aromatic carbocycles. The third-order valence-electron chi connectivity index (χ3n) is 6.46. The Kier molecular flexibility index (Phi) is 8.09. The zero-order valence-electron chi connectivity index (χ0n) is 21.7. The van der Waals surface area contributed by atoms with E-state index in [-0.39, 0.29) is 5.57 Å². The minimum Gasteiger partial charge on any atom is -0.490 e. The van der Waals surface area contributed by atoms with Gasteiger partial charge in [-0.25, -0.2) is 9.69 Å². The Hall–Kier alpha value is -3.89. The molecule has 202 valence electrons. The second kappa shape index (κ2) is 11.7. The molecule has 0 radical (unpaired) electrons. The molecule has 1 aliphatic rings. The standard InChI is InChI=1S/C31H24ClIN2O5/c1-3-39-27-16-19(14-24-29(36)34-31(38)35(30(24)37)22-12-10-21(32)11-13-22)15-26(33)28(27)40-17-25-18(2)8-9-20-6-4-5-7-23(20)25/h4-16H,3,17H2,1-2H3,(H,34,36,38)/b24-14+. The summed E-state index contributed by atoms with van der Waals surface area (Å²) in [5.74, 6) is -0.474. The summed E-state index contributed by atoms with van der Waals surface area (Å²) in [4.78, 5) is 39.4. The number of hydrogen-bond acceptors (Lipinski definition) is 5. The lowest BCUT2D eigenvalue weighted by Crippen LogP contribution is -2.54. The van der Waals surface area contributed by atoms with Crippen molar-refractivity contribution in [3.63, 3.8) is 0 Å². The van der Waals surface area contributed by atoms with Crippen LogP contribution in [0.15, 0.2) is 78.4 Å². The summed E-state index contributed by atoms with van der Waals surface area (Å²) in [5.41, 5.74) is 2.86. The molecule has 0 aromatic heterocycles. The SMILES string of the molecule is CCOc1cc(/C=C2\C(=O)NC(=O)N(c3ccc(Cl)cc3)C2=O)cc(I)c1OCc1c(C)ccc2ccccc12. The lowest BCUT2D eigenvalue weighted by atomic mass is 10.0. The number of nitrogens with one attached hydrogen (secondary N) is 1. The number of urea groups is 1. The van der Waals surface area contributed by atoms with Gasteiger partial charge in [0.2, 0.25) is 0 Å². The number of nitrogens with zero attached hydrogens (tertiary/aromatic N) is 1. The highest BCUT2D eigenvalue weighted by atomic mass is 127. The van der Waals surface area contributed by atoms with Crippen LogP contribution in [0.4, 0.5) is 10.5 Å². The fourth-order valence-electron chi connectivity index (χ4n) is 4.50. The van der Waals surface area contributed by atoms with Gasteiger partial charge >= 0.3 is 6.03 Å². The third kappa shape index (κ3) is 5.55. The Morgan fingerprint density at radius 3 is 2.48 bits per heavy atom. The van der Waals surface area contributed by atoms with Gasteiger partial charge in [-0.05, 0) is 101 Å². The summed E-state index contributed by atoms with van der Waals surface area (Å²) in [6, 6.07) is 21.2. The number of aryl methyl sites for hydroxylation is 1. The largest absolute Gasteiger partial charge is 0.490 e. The average Bonchev–Trinajstić information content (AvgIpc) is 2.92. The fraction of sp³-hybridized carbons (Fsp3) is 0.129. The maximum Gasteiger partial charge on any atom is 0.335 e. The van der Waals surface area contributed by atoms with E-state index >= 15 is 0 Å². The number of amides is 4. The summed E-state index contributed by atoms with van der Waals surface area (Å²) in [7, 11) is 0. The number of carbonyl (C=O) groups is 3. The number of fused-ring (bicyclic) bond motifs is 1. The normalized spacial score (nSPS) is 14.6. The maximum atomic E-state index is 13.3. The highest BCUT2D eigenvalue weighted by molar-refractivity contribution is 14.1. The first-order valence-corrected chi connectivity index (χ1v) is 14.0. The first kappa shape index (κ1) is 27.7. The number of barbiturate groups is 1. The van der Waals surface area contributed by atoms with Crippen molar-refractivity contribution in [2.24, 2.45) is 0 Å². The van der Waals surface area contributed by atoms with Crippen molar-refractivity contribution in [2.45, 2.75) is 20.5 Å². The van der Waals surface area contributed by atoms with Gasteiger partial charge in [0, 0.05) is 10.6 Å². The van der Waals surface area contributed by atoms with E-state index in [9.17, 15) is 14.4 Å². The minimum absolute atomic E-state index is 0.187. The molecule has 40 heavy (non-hydrogen) atoms. The minimum atomic E-state index is -0.827. The Morgan fingerprint density at radius 1 is 0.975 bits per heavy atom. The number of benzene rings is 4. The monoisotopic (exact) mass is 666 g/mol. The van der Waals surface area contributed by atoms with Crippen LogP contribution in [0.25, 0.3) is 16.8 Å². The van der Waals surface area contributed by atoms with Crippen molar-refractivity contribution in [3.05, 3.63) is 104 Å². The molecule has 1 fully saturated rings. The number of halogens is 2. The van der Waals surface area contributed by atoms with Gasteiger partial charge in [0.1, 0.15) is 12.2 Å². The van der Waals surface area contributed by atoms with E-state index in [4.69, 9.17) is 21.1 Å². The van der Waals surface area contributed by atoms with E-state index in [0.29, 0.717) is 41.0 Å². The predicted molar refractivity (Wildman–Crippen MR) is 164 cm³/mol. The molecule has 1 N–H and O–H groups in total. The van der Waals surface area contributed by atoms with Crippen molar-refractivity contribution < 1.29 is 23.9 Å². The molecular formula is C31H24ClIN2O5. The van der Waals surface area contributed by atoms with Crippen LogP contribution in [0.5, 0.6) is 11.5 Å². The van der Waals surface area contributed by atoms with Gasteiger partial charge in [0.25, 0.3) is 11.8 Å². The van der Waals surface area contributed by atoms with Crippen LogP contribution in [-0.4, -0.2) is 24.5 Å². The van der Waals surface area contributed by atoms with Crippen LogP contribution < -0.4 is 19.7 Å². The highest BCUT2D eigenvalue weighted by Gasteiger charge is 2.36. The maximum absolute atomic E-state index is 13.3. The number of imide groups is 2. The lowest BCUT2D eigenvalue weighted by molar-refractivity contribution is -0.122. The summed E-state index contributed by atoms with van der Waals surface area (Å²) >= 11 is 8.10. The summed E-state index contributed by atoms with van der Waals surface area (Å²) in [6.07, 6.45) is 1.44. The van der Waals surface area contributed by atoms with Gasteiger partial charge in [0.05, 0.1) is 15.9 Å². The molecular weight excluding hydrogens is 643 g/mol. The second-order valence-corrected chi connectivity index (χ2v) is 10.7. The van der Waals surface area contributed by atoms with Crippen LogP contribution >= 0.6 is 34.2 Å². The van der Waals surface area contributed by atoms with Gasteiger partial charge in [-0.3, -0.25) is 14.9 Å². The third-order valence-corrected chi connectivity index (χ3v) is 7.52. The highest BCUT2D eigenvalue weighted by Crippen LogP contribution is 2.37. The summed E-state index contributed by atoms with van der Waals surface area (Å²) in [6.45, 7) is 4.64. The summed E-state index contributed by atoms with van der Waals surface area (Å²) < 4.78 is 13.0. The van der Waals surface area contributed by atoms with Crippen LogP contribution in [0.2, 0.25) is 5.02 Å². The molecule has 1 heterocycles. The van der Waals surface area contributed by atoms with Gasteiger partial charge in [-0.15, -0.1) is 0 Å². The molecule has 5 rings (SSSR count). The van der Waals surface area contributed by atoms with E-state index < -0.39 is 17.8 Å². The van der Waals surface area contributed by atoms with Gasteiger partial charge < -0.3 is 9.47 Å². The van der Waals surface area contributed by atoms with Crippen LogP contribution in [0.3, 0.4) is 0 Å². The van der Waals surface area contributed by atoms with Gasteiger partial charge in [0.15, 0.2) is 11.5 Å². The number of hydrogen-bond donors (Lipinski definition) is 1. The molecule has 0 spiro atoms. The zero-order chi connectivity index (χ0) is 28.4. The summed E-state index contributed by atoms with van der Waals surface area (Å²) in [5, 5.41) is 4.95.